The molecule has 0 aliphatic rings. The van der Waals surface area contributed by atoms with Crippen LogP contribution >= 0.6 is 0 Å². The number of anilines is 1. The van der Waals surface area contributed by atoms with Crippen LogP contribution in [0, 0.1) is 12.7 Å². The van der Waals surface area contributed by atoms with Crippen LogP contribution in [0.4, 0.5) is 10.1 Å². The Morgan fingerprint density at radius 1 is 1.16 bits per heavy atom. The Bertz CT molecular complexity index is 1220. The summed E-state index contributed by atoms with van der Waals surface area (Å²) < 4.78 is 20.3. The first-order valence-corrected chi connectivity index (χ1v) is 9.75. The molecule has 1 amide bonds. The average Bonchev–Trinajstić information content (AvgIpc) is 3.33. The molecule has 0 spiro atoms. The Hall–Kier alpha value is -4.00. The maximum Gasteiger partial charge on any atom is 0.248 e. The second kappa shape index (κ2) is 8.79. The second-order valence-corrected chi connectivity index (χ2v) is 7.16. The van der Waals surface area contributed by atoms with Gasteiger partial charge < -0.3 is 9.73 Å². The lowest BCUT2D eigenvalue weighted by Gasteiger charge is -2.05. The molecule has 0 saturated heterocycles. The van der Waals surface area contributed by atoms with E-state index in [0.29, 0.717) is 18.0 Å². The van der Waals surface area contributed by atoms with Crippen LogP contribution in [-0.4, -0.2) is 20.7 Å². The molecule has 0 saturated carbocycles. The highest BCUT2D eigenvalue weighted by Gasteiger charge is 2.10. The molecule has 31 heavy (non-hydrogen) atoms. The summed E-state index contributed by atoms with van der Waals surface area (Å²) in [4.78, 5) is 16.7. The second-order valence-electron chi connectivity index (χ2n) is 7.16. The van der Waals surface area contributed by atoms with Gasteiger partial charge in [0, 0.05) is 36.4 Å². The molecule has 0 radical (unpaired) electrons. The Labute approximate surface area is 179 Å². The van der Waals surface area contributed by atoms with Crippen molar-refractivity contribution in [3.05, 3.63) is 95.6 Å². The lowest BCUT2D eigenvalue weighted by Crippen LogP contribution is -2.07. The smallest absolute Gasteiger partial charge is 0.248 e. The quantitative estimate of drug-likeness (QED) is 0.460. The maximum absolute atomic E-state index is 13.2. The number of rotatable bonds is 6. The number of hydrogen-bond acceptors (Lipinski definition) is 4. The topological polar surface area (TPSA) is 73.0 Å². The number of hydrogen-bond donors (Lipinski definition) is 1. The number of nitrogens with one attached hydrogen (secondary N) is 1. The van der Waals surface area contributed by atoms with E-state index in [1.165, 1.54) is 18.2 Å². The van der Waals surface area contributed by atoms with Crippen molar-refractivity contribution in [2.75, 3.05) is 5.32 Å². The molecule has 6 nitrogen and oxygen atoms in total. The molecule has 0 aliphatic heterocycles. The first-order valence-electron chi connectivity index (χ1n) is 9.75. The summed E-state index contributed by atoms with van der Waals surface area (Å²) in [5.41, 5.74) is 4.96. The molecule has 2 aromatic carbocycles. The van der Waals surface area contributed by atoms with E-state index >= 15 is 0 Å². The van der Waals surface area contributed by atoms with Gasteiger partial charge in [-0.1, -0.05) is 12.1 Å². The average molecular weight is 416 g/mol. The predicted molar refractivity (Wildman–Crippen MR) is 117 cm³/mol. The van der Waals surface area contributed by atoms with Crippen molar-refractivity contribution < 1.29 is 13.6 Å². The van der Waals surface area contributed by atoms with Crippen LogP contribution in [0.25, 0.3) is 17.3 Å². The normalized spacial score (nSPS) is 11.2. The van der Waals surface area contributed by atoms with E-state index in [4.69, 9.17) is 4.42 Å². The summed E-state index contributed by atoms with van der Waals surface area (Å²) in [6.07, 6.45) is 7.03. The fourth-order valence-electron chi connectivity index (χ4n) is 3.25. The number of aryl methyl sites for hydroxylation is 2. The Morgan fingerprint density at radius 2 is 1.90 bits per heavy atom. The fourth-order valence-corrected chi connectivity index (χ4v) is 3.25. The van der Waals surface area contributed by atoms with E-state index in [9.17, 15) is 9.18 Å². The van der Waals surface area contributed by atoms with Gasteiger partial charge in [0.15, 0.2) is 5.89 Å². The first-order chi connectivity index (χ1) is 15.0. The lowest BCUT2D eigenvalue weighted by atomic mass is 10.1. The van der Waals surface area contributed by atoms with E-state index in [-0.39, 0.29) is 11.7 Å². The van der Waals surface area contributed by atoms with Crippen molar-refractivity contribution >= 4 is 17.7 Å². The van der Waals surface area contributed by atoms with Gasteiger partial charge >= 0.3 is 0 Å². The van der Waals surface area contributed by atoms with Crippen molar-refractivity contribution in [3.63, 3.8) is 0 Å². The summed E-state index contributed by atoms with van der Waals surface area (Å²) in [6.45, 7) is 1.88. The molecule has 0 aliphatic carbocycles. The number of aromatic nitrogens is 3. The van der Waals surface area contributed by atoms with Crippen molar-refractivity contribution in [2.24, 2.45) is 7.05 Å². The zero-order valence-electron chi connectivity index (χ0n) is 17.2. The molecule has 0 fully saturated rings. The SMILES string of the molecule is Cc1coc(Cc2ccc(NC(=O)/C=C/c3cnn(C)c3-c3ccc(F)cc3)cc2)n1. The van der Waals surface area contributed by atoms with Crippen LogP contribution in [0.5, 0.6) is 0 Å². The molecule has 0 atom stereocenters. The van der Waals surface area contributed by atoms with E-state index in [1.807, 2.05) is 31.2 Å². The molecule has 4 rings (SSSR count). The van der Waals surface area contributed by atoms with Gasteiger partial charge in [0.25, 0.3) is 0 Å². The standard InChI is InChI=1S/C24H21FN4O2/c1-16-15-31-23(27-16)13-17-3-10-21(11-4-17)28-22(30)12-7-19-14-26-29(2)24(19)18-5-8-20(25)9-6-18/h3-12,14-15H,13H2,1-2H3,(H,28,30)/b12-7+. The fraction of sp³-hybridized carbons (Fsp3) is 0.125. The highest BCUT2D eigenvalue weighted by molar-refractivity contribution is 6.02. The van der Waals surface area contributed by atoms with Crippen LogP contribution < -0.4 is 5.32 Å². The van der Waals surface area contributed by atoms with Gasteiger partial charge in [0.1, 0.15) is 12.1 Å². The Morgan fingerprint density at radius 3 is 2.58 bits per heavy atom. The third kappa shape index (κ3) is 4.95. The molecule has 2 aromatic heterocycles. The number of nitrogens with zero attached hydrogens (tertiary/aromatic N) is 3. The summed E-state index contributed by atoms with van der Waals surface area (Å²) in [5, 5.41) is 7.09. The lowest BCUT2D eigenvalue weighted by molar-refractivity contribution is -0.111. The Kier molecular flexibility index (Phi) is 5.75. The first kappa shape index (κ1) is 20.3. The van der Waals surface area contributed by atoms with Gasteiger partial charge in [-0.3, -0.25) is 9.48 Å². The summed E-state index contributed by atoms with van der Waals surface area (Å²) in [6, 6.07) is 13.7. The van der Waals surface area contributed by atoms with E-state index in [0.717, 1.165) is 28.1 Å². The highest BCUT2D eigenvalue weighted by Crippen LogP contribution is 2.24. The molecule has 4 aromatic rings. The number of oxazole rings is 1. The van der Waals surface area contributed by atoms with Gasteiger partial charge in [0.2, 0.25) is 5.91 Å². The van der Waals surface area contributed by atoms with E-state index in [1.54, 1.807) is 42.4 Å². The van der Waals surface area contributed by atoms with Gasteiger partial charge in [-0.25, -0.2) is 9.37 Å². The largest absolute Gasteiger partial charge is 0.448 e. The number of carbonyl (C=O) groups excluding carboxylic acids is 1. The molecule has 0 bridgehead atoms. The van der Waals surface area contributed by atoms with Gasteiger partial charge in [-0.2, -0.15) is 5.10 Å². The molecular formula is C24H21FN4O2. The van der Waals surface area contributed by atoms with Crippen LogP contribution in [0.15, 0.2) is 71.5 Å². The van der Waals surface area contributed by atoms with Crippen LogP contribution in [0.2, 0.25) is 0 Å². The molecule has 7 heteroatoms. The summed E-state index contributed by atoms with van der Waals surface area (Å²) >= 11 is 0. The number of amides is 1. The summed E-state index contributed by atoms with van der Waals surface area (Å²) in [5.74, 6) is 0.0968. The zero-order valence-corrected chi connectivity index (χ0v) is 17.2. The third-order valence-corrected chi connectivity index (χ3v) is 4.74. The molecular weight excluding hydrogens is 395 g/mol. The highest BCUT2D eigenvalue weighted by atomic mass is 19.1. The van der Waals surface area contributed by atoms with Gasteiger partial charge in [-0.15, -0.1) is 0 Å². The Balaban J connectivity index is 1.41. The molecule has 156 valence electrons. The van der Waals surface area contributed by atoms with Crippen LogP contribution in [0.3, 0.4) is 0 Å². The minimum atomic E-state index is -0.302. The van der Waals surface area contributed by atoms with Crippen LogP contribution in [-0.2, 0) is 18.3 Å². The molecule has 1 N–H and O–H groups in total. The number of carbonyl (C=O) groups is 1. The number of benzene rings is 2. The monoisotopic (exact) mass is 416 g/mol. The zero-order chi connectivity index (χ0) is 21.8. The van der Waals surface area contributed by atoms with E-state index < -0.39 is 0 Å². The summed E-state index contributed by atoms with van der Waals surface area (Å²) in [7, 11) is 1.80. The number of halogens is 1. The molecule has 0 unspecified atom stereocenters. The minimum absolute atomic E-state index is 0.259. The van der Waals surface area contributed by atoms with Crippen molar-refractivity contribution in [1.29, 1.82) is 0 Å². The van der Waals surface area contributed by atoms with Crippen molar-refractivity contribution in [3.8, 4) is 11.3 Å². The predicted octanol–water partition coefficient (Wildman–Crippen LogP) is 4.77. The van der Waals surface area contributed by atoms with Crippen LogP contribution in [0.1, 0.15) is 22.7 Å². The minimum Gasteiger partial charge on any atom is -0.448 e. The molecule has 2 heterocycles. The third-order valence-electron chi connectivity index (χ3n) is 4.74. The van der Waals surface area contributed by atoms with Crippen molar-refractivity contribution in [2.45, 2.75) is 13.3 Å². The van der Waals surface area contributed by atoms with Gasteiger partial charge in [0.05, 0.1) is 17.6 Å². The van der Waals surface area contributed by atoms with Crippen molar-refractivity contribution in [1.82, 2.24) is 14.8 Å². The van der Waals surface area contributed by atoms with E-state index in [2.05, 4.69) is 15.4 Å². The maximum atomic E-state index is 13.2. The van der Waals surface area contributed by atoms with Gasteiger partial charge in [-0.05, 0) is 55.0 Å².